The lowest BCUT2D eigenvalue weighted by Gasteiger charge is -2.06. The molecule has 0 fully saturated rings. The minimum Gasteiger partial charge on any atom is -0.489 e. The van der Waals surface area contributed by atoms with Gasteiger partial charge in [0.05, 0.1) is 24.8 Å². The van der Waals surface area contributed by atoms with E-state index in [2.05, 4.69) is 21.1 Å². The van der Waals surface area contributed by atoms with Crippen molar-refractivity contribution in [2.24, 2.45) is 10.2 Å². The van der Waals surface area contributed by atoms with E-state index in [-0.39, 0.29) is 24.7 Å². The minimum absolute atomic E-state index is 0.0440. The van der Waals surface area contributed by atoms with Gasteiger partial charge in [-0.3, -0.25) is 9.59 Å². The Morgan fingerprint density at radius 3 is 2.65 bits per heavy atom. The van der Waals surface area contributed by atoms with Crippen molar-refractivity contribution >= 4 is 23.7 Å². The lowest BCUT2D eigenvalue weighted by atomic mass is 10.2. The van der Waals surface area contributed by atoms with Crippen LogP contribution in [0.4, 0.5) is 0 Å². The number of hydrogen-bond donors (Lipinski definition) is 2. The van der Waals surface area contributed by atoms with E-state index >= 15 is 0 Å². The molecule has 0 aromatic heterocycles. The topological polar surface area (TPSA) is 92.2 Å². The number of ether oxygens (including phenoxy) is 1. The Balaban J connectivity index is 1.44. The van der Waals surface area contributed by atoms with Crippen LogP contribution in [0, 0.1) is 0 Å². The molecule has 0 spiro atoms. The van der Waals surface area contributed by atoms with Crippen molar-refractivity contribution in [3.8, 4) is 5.75 Å². The molecule has 7 heteroatoms. The van der Waals surface area contributed by atoms with Gasteiger partial charge in [0.2, 0.25) is 11.8 Å². The summed E-state index contributed by atoms with van der Waals surface area (Å²) in [5.74, 6) is 0.233. The molecule has 0 atom stereocenters. The summed E-state index contributed by atoms with van der Waals surface area (Å²) in [6.07, 6.45) is 1.74. The Morgan fingerprint density at radius 2 is 1.96 bits per heavy atom. The van der Waals surface area contributed by atoms with Crippen molar-refractivity contribution in [3.05, 3.63) is 65.7 Å². The zero-order valence-electron chi connectivity index (χ0n) is 14.0. The first kappa shape index (κ1) is 17.3. The maximum Gasteiger partial charge on any atom is 0.245 e. The van der Waals surface area contributed by atoms with Crippen molar-refractivity contribution in [1.82, 2.24) is 10.9 Å². The molecule has 0 saturated heterocycles. The molecule has 2 N–H and O–H groups in total. The van der Waals surface area contributed by atoms with Crippen LogP contribution >= 0.6 is 0 Å². The molecule has 0 saturated carbocycles. The van der Waals surface area contributed by atoms with Gasteiger partial charge in [-0.1, -0.05) is 30.3 Å². The Bertz CT molecular complexity index is 830. The molecule has 132 valence electrons. The predicted octanol–water partition coefficient (Wildman–Crippen LogP) is 1.98. The monoisotopic (exact) mass is 350 g/mol. The number of carbonyl (C=O) groups excluding carboxylic acids is 2. The normalized spacial score (nSPS) is 13.4. The van der Waals surface area contributed by atoms with Gasteiger partial charge >= 0.3 is 0 Å². The first-order valence-corrected chi connectivity index (χ1v) is 8.12. The summed E-state index contributed by atoms with van der Waals surface area (Å²) in [7, 11) is 0. The van der Waals surface area contributed by atoms with Crippen LogP contribution in [-0.4, -0.2) is 23.7 Å². The fourth-order valence-electron chi connectivity index (χ4n) is 2.30. The van der Waals surface area contributed by atoms with E-state index in [4.69, 9.17) is 4.74 Å². The van der Waals surface area contributed by atoms with Crippen LogP contribution in [0.25, 0.3) is 0 Å². The van der Waals surface area contributed by atoms with Crippen LogP contribution in [0.3, 0.4) is 0 Å². The third-order valence-electron chi connectivity index (χ3n) is 3.60. The molecular formula is C19H18N4O3. The fraction of sp³-hybridized carbons (Fsp3) is 0.158. The number of carbonyl (C=O) groups is 2. The van der Waals surface area contributed by atoms with E-state index in [1.54, 1.807) is 6.21 Å². The van der Waals surface area contributed by atoms with E-state index in [1.807, 2.05) is 54.6 Å². The molecule has 0 radical (unpaired) electrons. The summed E-state index contributed by atoms with van der Waals surface area (Å²) in [6.45, 7) is 0.506. The van der Waals surface area contributed by atoms with Gasteiger partial charge in [-0.25, -0.2) is 10.9 Å². The SMILES string of the molecule is O=C(CC1=NNC(=O)C1)NN=Cc1ccc(OCc2ccccc2)cc1. The largest absolute Gasteiger partial charge is 0.489 e. The van der Waals surface area contributed by atoms with Crippen molar-refractivity contribution in [2.45, 2.75) is 19.4 Å². The molecule has 1 aliphatic rings. The second-order valence-electron chi connectivity index (χ2n) is 5.70. The third kappa shape index (κ3) is 5.27. The standard InChI is InChI=1S/C19H18N4O3/c24-18(10-16-11-19(25)23-21-16)22-20-12-14-6-8-17(9-7-14)26-13-15-4-2-1-3-5-15/h1-9,12H,10-11,13H2,(H,22,24)(H,23,25). The van der Waals surface area contributed by atoms with E-state index in [0.29, 0.717) is 12.3 Å². The van der Waals surface area contributed by atoms with E-state index in [0.717, 1.165) is 16.9 Å². The van der Waals surface area contributed by atoms with Crippen LogP contribution in [-0.2, 0) is 16.2 Å². The molecule has 0 unspecified atom stereocenters. The van der Waals surface area contributed by atoms with Gasteiger partial charge in [0, 0.05) is 0 Å². The molecule has 2 amide bonds. The number of nitrogens with one attached hydrogen (secondary N) is 2. The highest BCUT2D eigenvalue weighted by atomic mass is 16.5. The summed E-state index contributed by atoms with van der Waals surface area (Å²) in [5.41, 5.74) is 7.15. The average molecular weight is 350 g/mol. The summed E-state index contributed by atoms with van der Waals surface area (Å²) in [4.78, 5) is 22.7. The Labute approximate surface area is 150 Å². The molecule has 1 heterocycles. The van der Waals surface area contributed by atoms with Gasteiger partial charge < -0.3 is 4.74 Å². The molecule has 26 heavy (non-hydrogen) atoms. The predicted molar refractivity (Wildman–Crippen MR) is 97.8 cm³/mol. The summed E-state index contributed by atoms with van der Waals surface area (Å²) in [6, 6.07) is 17.3. The van der Waals surface area contributed by atoms with Gasteiger partial charge in [0.15, 0.2) is 0 Å². The minimum atomic E-state index is -0.320. The van der Waals surface area contributed by atoms with Gasteiger partial charge in [0.1, 0.15) is 12.4 Å². The summed E-state index contributed by atoms with van der Waals surface area (Å²) < 4.78 is 5.71. The molecule has 0 bridgehead atoms. The van der Waals surface area contributed by atoms with Crippen molar-refractivity contribution < 1.29 is 14.3 Å². The van der Waals surface area contributed by atoms with Crippen LogP contribution in [0.15, 0.2) is 64.8 Å². The number of nitrogens with zero attached hydrogens (tertiary/aromatic N) is 2. The van der Waals surface area contributed by atoms with Gasteiger partial charge in [-0.15, -0.1) is 0 Å². The molecule has 7 nitrogen and oxygen atoms in total. The van der Waals surface area contributed by atoms with Crippen LogP contribution < -0.4 is 15.6 Å². The lowest BCUT2D eigenvalue weighted by molar-refractivity contribution is -0.119. The highest BCUT2D eigenvalue weighted by molar-refractivity contribution is 6.11. The van der Waals surface area contributed by atoms with Gasteiger partial charge in [-0.2, -0.15) is 10.2 Å². The van der Waals surface area contributed by atoms with Gasteiger partial charge in [0.25, 0.3) is 0 Å². The first-order valence-electron chi connectivity index (χ1n) is 8.12. The zero-order valence-corrected chi connectivity index (χ0v) is 14.0. The highest BCUT2D eigenvalue weighted by Gasteiger charge is 2.16. The molecule has 1 aliphatic heterocycles. The number of benzene rings is 2. The van der Waals surface area contributed by atoms with Crippen LogP contribution in [0.1, 0.15) is 24.0 Å². The molecule has 2 aromatic rings. The smallest absolute Gasteiger partial charge is 0.245 e. The number of rotatable bonds is 7. The molecule has 0 aliphatic carbocycles. The third-order valence-corrected chi connectivity index (χ3v) is 3.60. The second-order valence-corrected chi connectivity index (χ2v) is 5.70. The first-order chi connectivity index (χ1) is 12.7. The Morgan fingerprint density at radius 1 is 1.19 bits per heavy atom. The maximum atomic E-state index is 11.7. The molecular weight excluding hydrogens is 332 g/mol. The quantitative estimate of drug-likeness (QED) is 0.591. The lowest BCUT2D eigenvalue weighted by Crippen LogP contribution is -2.20. The van der Waals surface area contributed by atoms with Crippen molar-refractivity contribution in [1.29, 1.82) is 0 Å². The average Bonchev–Trinajstić information content (AvgIpc) is 3.06. The Kier molecular flexibility index (Phi) is 5.72. The van der Waals surface area contributed by atoms with Crippen LogP contribution in [0.2, 0.25) is 0 Å². The fourth-order valence-corrected chi connectivity index (χ4v) is 2.30. The number of hydrogen-bond acceptors (Lipinski definition) is 5. The Hall–Kier alpha value is -3.48. The van der Waals surface area contributed by atoms with E-state index in [9.17, 15) is 9.59 Å². The summed E-state index contributed by atoms with van der Waals surface area (Å²) in [5, 5.41) is 7.66. The van der Waals surface area contributed by atoms with Crippen molar-refractivity contribution in [3.63, 3.8) is 0 Å². The summed E-state index contributed by atoms with van der Waals surface area (Å²) >= 11 is 0. The highest BCUT2D eigenvalue weighted by Crippen LogP contribution is 2.13. The molecule has 2 aromatic carbocycles. The maximum absolute atomic E-state index is 11.7. The number of hydrazone groups is 2. The van der Waals surface area contributed by atoms with Crippen molar-refractivity contribution in [2.75, 3.05) is 0 Å². The van der Waals surface area contributed by atoms with E-state index in [1.165, 1.54) is 0 Å². The zero-order chi connectivity index (χ0) is 18.2. The van der Waals surface area contributed by atoms with Crippen LogP contribution in [0.5, 0.6) is 5.75 Å². The second kappa shape index (κ2) is 8.57. The number of amides is 2. The van der Waals surface area contributed by atoms with E-state index < -0.39 is 0 Å². The van der Waals surface area contributed by atoms with Gasteiger partial charge in [-0.05, 0) is 35.4 Å². The molecule has 3 rings (SSSR count).